The van der Waals surface area contributed by atoms with Crippen molar-refractivity contribution in [2.45, 2.75) is 50.8 Å². The van der Waals surface area contributed by atoms with Gasteiger partial charge < -0.3 is 20.1 Å². The number of pyridine rings is 2. The molecular formula is C27H26N8O2. The highest BCUT2D eigenvalue weighted by molar-refractivity contribution is 5.90. The van der Waals surface area contributed by atoms with Gasteiger partial charge in [-0.05, 0) is 68.5 Å². The van der Waals surface area contributed by atoms with Gasteiger partial charge in [-0.1, -0.05) is 0 Å². The maximum absolute atomic E-state index is 6.30. The molecule has 0 amide bonds. The van der Waals surface area contributed by atoms with Crippen LogP contribution in [-0.2, 0) is 0 Å². The lowest BCUT2D eigenvalue weighted by Gasteiger charge is -2.28. The summed E-state index contributed by atoms with van der Waals surface area (Å²) in [5.41, 5.74) is 3.34. The predicted octanol–water partition coefficient (Wildman–Crippen LogP) is 4.57. The van der Waals surface area contributed by atoms with Gasteiger partial charge in [-0.15, -0.1) is 0 Å². The van der Waals surface area contributed by atoms with Crippen LogP contribution in [0, 0.1) is 6.92 Å². The number of aryl methyl sites for hydroxylation is 1. The lowest BCUT2D eigenvalue weighted by molar-refractivity contribution is 0.126. The molecule has 4 aromatic heterocycles. The number of benzene rings is 1. The van der Waals surface area contributed by atoms with Gasteiger partial charge in [0, 0.05) is 41.6 Å². The second-order valence-electron chi connectivity index (χ2n) is 9.73. The number of aromatic nitrogens is 6. The molecule has 2 N–H and O–H groups in total. The molecule has 2 bridgehead atoms. The molecule has 2 saturated heterocycles. The molecule has 0 spiro atoms. The van der Waals surface area contributed by atoms with E-state index in [1.54, 1.807) is 16.9 Å². The van der Waals surface area contributed by atoms with Crippen LogP contribution in [0.15, 0.2) is 61.3 Å². The zero-order valence-electron chi connectivity index (χ0n) is 20.3. The third kappa shape index (κ3) is 4.40. The molecule has 7 rings (SSSR count). The van der Waals surface area contributed by atoms with E-state index in [1.807, 2.05) is 49.5 Å². The molecule has 0 saturated carbocycles. The number of rotatable bonds is 6. The van der Waals surface area contributed by atoms with Crippen molar-refractivity contribution >= 4 is 28.1 Å². The van der Waals surface area contributed by atoms with Crippen molar-refractivity contribution in [1.82, 2.24) is 34.9 Å². The van der Waals surface area contributed by atoms with Gasteiger partial charge in [0.1, 0.15) is 29.7 Å². The highest BCUT2D eigenvalue weighted by atomic mass is 16.5. The standard InChI is InChI=1S/C27H26N8O2/c1-16-10-17(4-5-24(16)36-20-7-9-35-25(13-20)29-15-30-35)32-26-22-6-8-28-14-23(22)33-27(34-26)37-21-11-18-2-3-19(12-21)31-18/h4-10,13-15,18-19,21,31H,2-3,11-12H2,1H3,(H,32,33,34). The van der Waals surface area contributed by atoms with Gasteiger partial charge in [-0.25, -0.2) is 9.50 Å². The Hall–Kier alpha value is -4.31. The summed E-state index contributed by atoms with van der Waals surface area (Å²) in [5, 5.41) is 12.1. The van der Waals surface area contributed by atoms with E-state index in [9.17, 15) is 0 Å². The summed E-state index contributed by atoms with van der Waals surface area (Å²) in [6.07, 6.45) is 11.4. The van der Waals surface area contributed by atoms with E-state index in [0.717, 1.165) is 46.4 Å². The molecule has 2 atom stereocenters. The number of piperidine rings is 1. The Kier molecular flexibility index (Phi) is 5.32. The Bertz CT molecular complexity index is 1590. The molecule has 0 aliphatic carbocycles. The van der Waals surface area contributed by atoms with Crippen LogP contribution in [0.3, 0.4) is 0 Å². The van der Waals surface area contributed by atoms with Crippen LogP contribution < -0.4 is 20.1 Å². The Labute approximate surface area is 213 Å². The normalized spacial score (nSPS) is 20.8. The van der Waals surface area contributed by atoms with Crippen LogP contribution in [0.4, 0.5) is 11.5 Å². The minimum absolute atomic E-state index is 0.122. The third-order valence-corrected chi connectivity index (χ3v) is 7.10. The van der Waals surface area contributed by atoms with Crippen LogP contribution in [0.25, 0.3) is 16.6 Å². The highest BCUT2D eigenvalue weighted by Crippen LogP contribution is 2.32. The lowest BCUT2D eigenvalue weighted by Crippen LogP contribution is -2.42. The number of fused-ring (bicyclic) bond motifs is 4. The van der Waals surface area contributed by atoms with Crippen molar-refractivity contribution < 1.29 is 9.47 Å². The first-order valence-electron chi connectivity index (χ1n) is 12.6. The van der Waals surface area contributed by atoms with E-state index in [0.29, 0.717) is 29.7 Å². The number of nitrogens with zero attached hydrogens (tertiary/aromatic N) is 6. The molecule has 10 nitrogen and oxygen atoms in total. The van der Waals surface area contributed by atoms with Gasteiger partial charge in [0.15, 0.2) is 5.65 Å². The lowest BCUT2D eigenvalue weighted by atomic mass is 10.0. The Morgan fingerprint density at radius 2 is 1.95 bits per heavy atom. The van der Waals surface area contributed by atoms with Crippen LogP contribution in [0.5, 0.6) is 17.5 Å². The van der Waals surface area contributed by atoms with Crippen LogP contribution in [0.2, 0.25) is 0 Å². The Morgan fingerprint density at radius 3 is 2.81 bits per heavy atom. The minimum atomic E-state index is 0.122. The van der Waals surface area contributed by atoms with E-state index in [2.05, 4.69) is 30.7 Å². The summed E-state index contributed by atoms with van der Waals surface area (Å²) < 4.78 is 14.1. The Morgan fingerprint density at radius 1 is 1.05 bits per heavy atom. The predicted molar refractivity (Wildman–Crippen MR) is 138 cm³/mol. The zero-order chi connectivity index (χ0) is 24.8. The molecule has 1 aromatic carbocycles. The van der Waals surface area contributed by atoms with Gasteiger partial charge in [0.2, 0.25) is 0 Å². The number of hydrogen-bond acceptors (Lipinski definition) is 9. The molecule has 10 heteroatoms. The molecule has 2 aliphatic rings. The molecular weight excluding hydrogens is 468 g/mol. The average Bonchev–Trinajstić information content (AvgIpc) is 3.51. The quantitative estimate of drug-likeness (QED) is 0.350. The fourth-order valence-electron chi connectivity index (χ4n) is 5.32. The van der Waals surface area contributed by atoms with Crippen molar-refractivity contribution in [3.8, 4) is 17.5 Å². The number of ether oxygens (including phenoxy) is 2. The molecule has 37 heavy (non-hydrogen) atoms. The first-order valence-corrected chi connectivity index (χ1v) is 12.6. The third-order valence-electron chi connectivity index (χ3n) is 7.10. The number of anilines is 2. The van der Waals surface area contributed by atoms with Gasteiger partial charge >= 0.3 is 6.01 Å². The fourth-order valence-corrected chi connectivity index (χ4v) is 5.32. The smallest absolute Gasteiger partial charge is 0.319 e. The summed E-state index contributed by atoms with van der Waals surface area (Å²) in [4.78, 5) is 17.9. The second-order valence-corrected chi connectivity index (χ2v) is 9.73. The number of hydrogen-bond donors (Lipinski definition) is 2. The van der Waals surface area contributed by atoms with E-state index in [-0.39, 0.29) is 6.10 Å². The van der Waals surface area contributed by atoms with Gasteiger partial charge in [-0.2, -0.15) is 15.1 Å². The van der Waals surface area contributed by atoms with Gasteiger partial charge in [0.05, 0.1) is 11.7 Å². The van der Waals surface area contributed by atoms with Gasteiger partial charge in [-0.3, -0.25) is 4.98 Å². The SMILES string of the molecule is Cc1cc(Nc2nc(OC3CC4CCC(C3)N4)nc3cnccc23)ccc1Oc1ccn2ncnc2c1. The summed E-state index contributed by atoms with van der Waals surface area (Å²) in [6.45, 7) is 2.01. The summed E-state index contributed by atoms with van der Waals surface area (Å²) in [6, 6.07) is 13.0. The summed E-state index contributed by atoms with van der Waals surface area (Å²) >= 11 is 0. The first-order chi connectivity index (χ1) is 18.2. The Balaban J connectivity index is 1.13. The second kappa shape index (κ2) is 8.97. The molecule has 2 unspecified atom stereocenters. The maximum atomic E-state index is 6.30. The molecule has 5 aromatic rings. The number of nitrogens with one attached hydrogen (secondary N) is 2. The van der Waals surface area contributed by atoms with Crippen molar-refractivity contribution in [2.24, 2.45) is 0 Å². The fraction of sp³-hybridized carbons (Fsp3) is 0.296. The largest absolute Gasteiger partial charge is 0.460 e. The molecule has 2 fully saturated rings. The van der Waals surface area contributed by atoms with E-state index in [4.69, 9.17) is 14.5 Å². The molecule has 6 heterocycles. The van der Waals surface area contributed by atoms with Crippen molar-refractivity contribution in [3.63, 3.8) is 0 Å². The molecule has 0 radical (unpaired) electrons. The monoisotopic (exact) mass is 494 g/mol. The minimum Gasteiger partial charge on any atom is -0.460 e. The van der Waals surface area contributed by atoms with Crippen LogP contribution >= 0.6 is 0 Å². The van der Waals surface area contributed by atoms with Crippen molar-refractivity contribution in [2.75, 3.05) is 5.32 Å². The average molecular weight is 495 g/mol. The van der Waals surface area contributed by atoms with E-state index < -0.39 is 0 Å². The van der Waals surface area contributed by atoms with Crippen molar-refractivity contribution in [1.29, 1.82) is 0 Å². The summed E-state index contributed by atoms with van der Waals surface area (Å²) in [7, 11) is 0. The topological polar surface area (TPSA) is 111 Å². The van der Waals surface area contributed by atoms with Crippen LogP contribution in [-0.4, -0.2) is 47.7 Å². The van der Waals surface area contributed by atoms with E-state index in [1.165, 1.54) is 19.2 Å². The van der Waals surface area contributed by atoms with Crippen LogP contribution in [0.1, 0.15) is 31.2 Å². The maximum Gasteiger partial charge on any atom is 0.319 e. The highest BCUT2D eigenvalue weighted by Gasteiger charge is 2.35. The molecule has 2 aliphatic heterocycles. The summed E-state index contributed by atoms with van der Waals surface area (Å²) in [5.74, 6) is 2.15. The van der Waals surface area contributed by atoms with Gasteiger partial charge in [0.25, 0.3) is 0 Å². The zero-order valence-corrected chi connectivity index (χ0v) is 20.3. The molecule has 186 valence electrons. The first kappa shape index (κ1) is 21.9. The van der Waals surface area contributed by atoms with Crippen molar-refractivity contribution in [3.05, 3.63) is 66.9 Å². The van der Waals surface area contributed by atoms with E-state index >= 15 is 0 Å².